The van der Waals surface area contributed by atoms with Crippen molar-refractivity contribution < 1.29 is 4.42 Å². The average molecular weight is 288 g/mol. The Morgan fingerprint density at radius 1 is 1.45 bits per heavy atom. The second-order valence-corrected chi connectivity index (χ2v) is 5.07. The summed E-state index contributed by atoms with van der Waals surface area (Å²) in [6.45, 7) is 7.20. The lowest BCUT2D eigenvalue weighted by molar-refractivity contribution is 0.476. The van der Waals surface area contributed by atoms with Crippen LogP contribution in [-0.2, 0) is 13.0 Å². The number of para-hydroxylation sites is 1. The Balaban J connectivity index is 2.23. The molecule has 2 aromatic rings. The van der Waals surface area contributed by atoms with Crippen molar-refractivity contribution in [2.24, 2.45) is 0 Å². The largest absolute Gasteiger partial charge is 0.461 e. The van der Waals surface area contributed by atoms with E-state index in [1.54, 1.807) is 6.08 Å². The molecule has 0 bridgehead atoms. The summed E-state index contributed by atoms with van der Waals surface area (Å²) in [5.74, 6) is 1.03. The van der Waals surface area contributed by atoms with Crippen LogP contribution in [0.3, 0.4) is 0 Å². The molecule has 0 radical (unpaired) electrons. The van der Waals surface area contributed by atoms with Crippen molar-refractivity contribution in [2.75, 3.05) is 13.6 Å². The first-order valence-corrected chi connectivity index (χ1v) is 7.17. The lowest BCUT2D eigenvalue weighted by atomic mass is 10.1. The number of rotatable bonds is 5. The first kappa shape index (κ1) is 14.6. The van der Waals surface area contributed by atoms with E-state index in [0.29, 0.717) is 6.54 Å². The maximum absolute atomic E-state index is 5.90. The van der Waals surface area contributed by atoms with Crippen LogP contribution in [0.2, 0.25) is 0 Å². The van der Waals surface area contributed by atoms with Gasteiger partial charge in [0.2, 0.25) is 0 Å². The molecule has 0 aliphatic rings. The number of nitrogens with zero attached hydrogens (tertiary/aromatic N) is 1. The molecule has 1 aromatic heterocycles. The number of nitrogens with one attached hydrogen (secondary N) is 1. The molecule has 20 heavy (non-hydrogen) atoms. The maximum atomic E-state index is 5.90. The van der Waals surface area contributed by atoms with E-state index in [9.17, 15) is 0 Å². The molecule has 1 aromatic carbocycles. The van der Waals surface area contributed by atoms with E-state index in [2.05, 4.69) is 24.9 Å². The molecule has 2 rings (SSSR count). The maximum Gasteiger partial charge on any atom is 0.169 e. The summed E-state index contributed by atoms with van der Waals surface area (Å²) >= 11 is 5.35. The number of aryl methyl sites for hydroxylation is 1. The van der Waals surface area contributed by atoms with E-state index in [4.69, 9.17) is 16.6 Å². The van der Waals surface area contributed by atoms with Crippen LogP contribution in [0.5, 0.6) is 0 Å². The van der Waals surface area contributed by atoms with Crippen LogP contribution in [0.25, 0.3) is 11.0 Å². The molecule has 4 heteroatoms. The zero-order valence-corrected chi connectivity index (χ0v) is 12.8. The second kappa shape index (κ2) is 6.57. The zero-order valence-electron chi connectivity index (χ0n) is 12.0. The summed E-state index contributed by atoms with van der Waals surface area (Å²) < 4.78 is 5.90. The van der Waals surface area contributed by atoms with Gasteiger partial charge in [-0.1, -0.05) is 31.2 Å². The van der Waals surface area contributed by atoms with E-state index in [-0.39, 0.29) is 0 Å². The van der Waals surface area contributed by atoms with E-state index in [1.165, 1.54) is 10.9 Å². The Morgan fingerprint density at radius 2 is 2.20 bits per heavy atom. The first-order chi connectivity index (χ1) is 9.67. The molecule has 0 amide bonds. The molecule has 0 unspecified atom stereocenters. The number of hydrogen-bond donors (Lipinski definition) is 1. The van der Waals surface area contributed by atoms with Gasteiger partial charge in [-0.2, -0.15) is 0 Å². The second-order valence-electron chi connectivity index (χ2n) is 4.68. The molecule has 106 valence electrons. The van der Waals surface area contributed by atoms with Gasteiger partial charge in [0.25, 0.3) is 0 Å². The van der Waals surface area contributed by atoms with E-state index in [1.807, 2.05) is 30.1 Å². The third-order valence-electron chi connectivity index (χ3n) is 3.24. The number of thiocarbonyl (C=S) groups is 1. The fourth-order valence-electron chi connectivity index (χ4n) is 2.21. The molecule has 0 saturated heterocycles. The molecule has 0 aliphatic carbocycles. The zero-order chi connectivity index (χ0) is 14.5. The highest BCUT2D eigenvalue weighted by molar-refractivity contribution is 7.80. The van der Waals surface area contributed by atoms with Crippen LogP contribution in [-0.4, -0.2) is 23.6 Å². The average Bonchev–Trinajstić information content (AvgIpc) is 2.82. The predicted octanol–water partition coefficient (Wildman–Crippen LogP) is 3.49. The fraction of sp³-hybridized carbons (Fsp3) is 0.312. The quantitative estimate of drug-likeness (QED) is 0.673. The highest BCUT2D eigenvalue weighted by Crippen LogP contribution is 2.27. The molecular formula is C16H20N2OS. The molecule has 0 saturated carbocycles. The normalized spacial score (nSPS) is 10.5. The summed E-state index contributed by atoms with van der Waals surface area (Å²) in [6, 6.07) is 8.14. The van der Waals surface area contributed by atoms with Gasteiger partial charge >= 0.3 is 0 Å². The third kappa shape index (κ3) is 3.02. The highest BCUT2D eigenvalue weighted by atomic mass is 32.1. The Bertz CT molecular complexity index is 618. The van der Waals surface area contributed by atoms with Crippen LogP contribution >= 0.6 is 12.2 Å². The summed E-state index contributed by atoms with van der Waals surface area (Å²) in [6.07, 6.45) is 2.68. The van der Waals surface area contributed by atoms with Crippen molar-refractivity contribution in [3.05, 3.63) is 48.2 Å². The standard InChI is InChI=1S/C16H20N2OS/c1-4-10-17-16(20)18(3)11-13-12-8-6-7-9-15(12)19-14(13)5-2/h4,6-9H,1,5,10-11H2,2-3H3,(H,17,20). The van der Waals surface area contributed by atoms with Crippen LogP contribution in [0.1, 0.15) is 18.2 Å². The van der Waals surface area contributed by atoms with Crippen molar-refractivity contribution >= 4 is 28.3 Å². The van der Waals surface area contributed by atoms with Crippen molar-refractivity contribution in [1.29, 1.82) is 0 Å². The van der Waals surface area contributed by atoms with Crippen molar-refractivity contribution in [2.45, 2.75) is 19.9 Å². The lowest BCUT2D eigenvalue weighted by Crippen LogP contribution is -2.36. The number of benzene rings is 1. The van der Waals surface area contributed by atoms with Gasteiger partial charge in [0.05, 0.1) is 0 Å². The molecule has 1 heterocycles. The third-order valence-corrected chi connectivity index (χ3v) is 3.70. The molecular weight excluding hydrogens is 268 g/mol. The van der Waals surface area contributed by atoms with Crippen molar-refractivity contribution in [3.63, 3.8) is 0 Å². The Kier molecular flexibility index (Phi) is 4.79. The van der Waals surface area contributed by atoms with Crippen LogP contribution in [0.15, 0.2) is 41.3 Å². The fourth-order valence-corrected chi connectivity index (χ4v) is 2.36. The van der Waals surface area contributed by atoms with Crippen molar-refractivity contribution in [3.8, 4) is 0 Å². The van der Waals surface area contributed by atoms with E-state index < -0.39 is 0 Å². The van der Waals surface area contributed by atoms with Gasteiger partial charge in [0.15, 0.2) is 5.11 Å². The minimum Gasteiger partial charge on any atom is -0.461 e. The van der Waals surface area contributed by atoms with Gasteiger partial charge in [-0.15, -0.1) is 6.58 Å². The van der Waals surface area contributed by atoms with Gasteiger partial charge in [0, 0.05) is 37.5 Å². The Hall–Kier alpha value is -1.81. The summed E-state index contributed by atoms with van der Waals surface area (Å²) in [5.41, 5.74) is 2.16. The monoisotopic (exact) mass is 288 g/mol. The lowest BCUT2D eigenvalue weighted by Gasteiger charge is -2.20. The minimum absolute atomic E-state index is 0.677. The highest BCUT2D eigenvalue weighted by Gasteiger charge is 2.15. The van der Waals surface area contributed by atoms with Gasteiger partial charge in [-0.25, -0.2) is 0 Å². The summed E-state index contributed by atoms with van der Waals surface area (Å²) in [5, 5.41) is 5.03. The summed E-state index contributed by atoms with van der Waals surface area (Å²) in [4.78, 5) is 2.02. The molecule has 0 spiro atoms. The SMILES string of the molecule is C=CCNC(=S)N(C)Cc1c(CC)oc2ccccc12. The van der Waals surface area contributed by atoms with Gasteiger partial charge in [0.1, 0.15) is 11.3 Å². The predicted molar refractivity (Wildman–Crippen MR) is 87.9 cm³/mol. The Labute approximate surface area is 125 Å². The molecule has 1 N–H and O–H groups in total. The summed E-state index contributed by atoms with van der Waals surface area (Å²) in [7, 11) is 1.99. The van der Waals surface area contributed by atoms with Gasteiger partial charge in [-0.3, -0.25) is 0 Å². The Morgan fingerprint density at radius 3 is 2.90 bits per heavy atom. The smallest absolute Gasteiger partial charge is 0.169 e. The molecule has 0 fully saturated rings. The minimum atomic E-state index is 0.677. The van der Waals surface area contributed by atoms with Crippen molar-refractivity contribution in [1.82, 2.24) is 10.2 Å². The topological polar surface area (TPSA) is 28.4 Å². The van der Waals surface area contributed by atoms with Crippen LogP contribution < -0.4 is 5.32 Å². The van der Waals surface area contributed by atoms with E-state index in [0.717, 1.165) is 29.4 Å². The van der Waals surface area contributed by atoms with Crippen LogP contribution in [0, 0.1) is 0 Å². The first-order valence-electron chi connectivity index (χ1n) is 6.76. The molecule has 0 atom stereocenters. The van der Waals surface area contributed by atoms with Gasteiger partial charge in [-0.05, 0) is 18.3 Å². The van der Waals surface area contributed by atoms with Crippen LogP contribution in [0.4, 0.5) is 0 Å². The number of fused-ring (bicyclic) bond motifs is 1. The van der Waals surface area contributed by atoms with E-state index >= 15 is 0 Å². The number of hydrogen-bond acceptors (Lipinski definition) is 2. The molecule has 0 aliphatic heterocycles. The number of furan rings is 1. The van der Waals surface area contributed by atoms with Gasteiger partial charge < -0.3 is 14.6 Å². The molecule has 3 nitrogen and oxygen atoms in total.